The van der Waals surface area contributed by atoms with Crippen molar-refractivity contribution in [2.24, 2.45) is 5.92 Å². The van der Waals surface area contributed by atoms with Gasteiger partial charge in [0.1, 0.15) is 17.4 Å². The third-order valence-corrected chi connectivity index (χ3v) is 5.27. The van der Waals surface area contributed by atoms with Gasteiger partial charge in [-0.2, -0.15) is 0 Å². The average molecular weight is 400 g/mol. The minimum atomic E-state index is -1.15. The number of nitro benzene ring substituents is 1. The lowest BCUT2D eigenvalue weighted by molar-refractivity contribution is -0.385. The summed E-state index contributed by atoms with van der Waals surface area (Å²) in [4.78, 5) is 35.2. The Hall–Kier alpha value is -3.29. The van der Waals surface area contributed by atoms with E-state index in [1.165, 1.54) is 36.4 Å². The van der Waals surface area contributed by atoms with Crippen molar-refractivity contribution in [3.8, 4) is 11.1 Å². The van der Waals surface area contributed by atoms with E-state index in [1.54, 1.807) is 6.07 Å². The molecule has 29 heavy (non-hydrogen) atoms. The van der Waals surface area contributed by atoms with Gasteiger partial charge in [0.15, 0.2) is 0 Å². The number of carbonyl (C=O) groups is 2. The van der Waals surface area contributed by atoms with Gasteiger partial charge >= 0.3 is 5.97 Å². The van der Waals surface area contributed by atoms with E-state index in [0.29, 0.717) is 24.0 Å². The van der Waals surface area contributed by atoms with Crippen LogP contribution in [0.4, 0.5) is 10.1 Å². The number of amides is 1. The van der Waals surface area contributed by atoms with Crippen LogP contribution in [0, 0.1) is 21.8 Å². The van der Waals surface area contributed by atoms with Gasteiger partial charge in [0.2, 0.25) is 0 Å². The highest BCUT2D eigenvalue weighted by atomic mass is 19.1. The Labute approximate surface area is 166 Å². The lowest BCUT2D eigenvalue weighted by atomic mass is 9.83. The molecule has 8 heteroatoms. The van der Waals surface area contributed by atoms with E-state index < -0.39 is 34.3 Å². The molecular weight excluding hydrogens is 379 g/mol. The highest BCUT2D eigenvalue weighted by molar-refractivity contribution is 6.00. The van der Waals surface area contributed by atoms with Crippen LogP contribution in [0.2, 0.25) is 0 Å². The first-order chi connectivity index (χ1) is 13.9. The van der Waals surface area contributed by atoms with Crippen LogP contribution in [0.5, 0.6) is 0 Å². The summed E-state index contributed by atoms with van der Waals surface area (Å²) < 4.78 is 13.5. The van der Waals surface area contributed by atoms with Crippen LogP contribution in [0.15, 0.2) is 42.5 Å². The highest BCUT2D eigenvalue weighted by Gasteiger charge is 2.32. The second kappa shape index (κ2) is 8.81. The zero-order valence-electron chi connectivity index (χ0n) is 15.6. The Balaban J connectivity index is 1.89. The Bertz CT molecular complexity index is 940. The van der Waals surface area contributed by atoms with E-state index in [0.717, 1.165) is 19.3 Å². The Morgan fingerprint density at radius 2 is 1.79 bits per heavy atom. The number of halogens is 1. The van der Waals surface area contributed by atoms with E-state index in [4.69, 9.17) is 0 Å². The molecule has 0 radical (unpaired) electrons. The monoisotopic (exact) mass is 400 g/mol. The van der Waals surface area contributed by atoms with Gasteiger partial charge in [-0.15, -0.1) is 0 Å². The second-order valence-electron chi connectivity index (χ2n) is 7.19. The molecule has 1 amide bonds. The van der Waals surface area contributed by atoms with Gasteiger partial charge in [-0.05, 0) is 48.1 Å². The number of rotatable bonds is 6. The predicted molar refractivity (Wildman–Crippen MR) is 104 cm³/mol. The van der Waals surface area contributed by atoms with Gasteiger partial charge in [0.25, 0.3) is 11.6 Å². The van der Waals surface area contributed by atoms with Crippen molar-refractivity contribution in [1.82, 2.24) is 5.32 Å². The number of carboxylic acid groups (broad SMARTS) is 1. The molecule has 1 aliphatic carbocycles. The molecule has 0 spiro atoms. The van der Waals surface area contributed by atoms with E-state index in [1.807, 2.05) is 0 Å². The number of benzene rings is 2. The quantitative estimate of drug-likeness (QED) is 0.559. The van der Waals surface area contributed by atoms with Crippen molar-refractivity contribution in [3.05, 3.63) is 64.0 Å². The fourth-order valence-corrected chi connectivity index (χ4v) is 3.79. The van der Waals surface area contributed by atoms with E-state index >= 15 is 0 Å². The summed E-state index contributed by atoms with van der Waals surface area (Å²) in [5.41, 5.74) is 0.134. The molecule has 0 aromatic heterocycles. The zero-order valence-corrected chi connectivity index (χ0v) is 15.6. The van der Waals surface area contributed by atoms with Crippen molar-refractivity contribution in [1.29, 1.82) is 0 Å². The zero-order chi connectivity index (χ0) is 21.0. The number of carbonyl (C=O) groups excluding carboxylic acids is 1. The molecule has 2 aromatic carbocycles. The third kappa shape index (κ3) is 4.77. The number of aliphatic carboxylic acids is 1. The first kappa shape index (κ1) is 20.4. The second-order valence-corrected chi connectivity index (χ2v) is 7.19. The summed E-state index contributed by atoms with van der Waals surface area (Å²) >= 11 is 0. The summed E-state index contributed by atoms with van der Waals surface area (Å²) in [7, 11) is 0. The van der Waals surface area contributed by atoms with Crippen LogP contribution < -0.4 is 5.32 Å². The lowest BCUT2D eigenvalue weighted by Gasteiger charge is -2.28. The smallest absolute Gasteiger partial charge is 0.326 e. The van der Waals surface area contributed by atoms with E-state index in [-0.39, 0.29) is 11.5 Å². The van der Waals surface area contributed by atoms with E-state index in [2.05, 4.69) is 5.32 Å². The van der Waals surface area contributed by atoms with Crippen LogP contribution in [0.1, 0.15) is 42.5 Å². The molecule has 1 atom stereocenters. The summed E-state index contributed by atoms with van der Waals surface area (Å²) in [5.74, 6) is -2.63. The highest BCUT2D eigenvalue weighted by Crippen LogP contribution is 2.29. The average Bonchev–Trinajstić information content (AvgIpc) is 2.71. The lowest BCUT2D eigenvalue weighted by Crippen LogP contribution is -2.46. The topological polar surface area (TPSA) is 110 Å². The molecule has 7 nitrogen and oxygen atoms in total. The largest absolute Gasteiger partial charge is 0.480 e. The SMILES string of the molecule is O=C(N[C@H](C(=O)O)C1CCCCC1)c1ccc(-c2cccc(F)c2)cc1[N+](=O)[O-]. The van der Waals surface area contributed by atoms with Crippen molar-refractivity contribution in [2.75, 3.05) is 0 Å². The molecule has 0 heterocycles. The number of hydrogen-bond acceptors (Lipinski definition) is 4. The Morgan fingerprint density at radius 3 is 2.41 bits per heavy atom. The first-order valence-corrected chi connectivity index (χ1v) is 9.45. The van der Waals surface area contributed by atoms with Crippen LogP contribution >= 0.6 is 0 Å². The number of nitro groups is 1. The van der Waals surface area contributed by atoms with Crippen molar-refractivity contribution >= 4 is 17.6 Å². The van der Waals surface area contributed by atoms with Gasteiger partial charge in [-0.3, -0.25) is 14.9 Å². The standard InChI is InChI=1S/C21H21FN2O5/c22-16-8-4-7-14(11-16)15-9-10-17(18(12-15)24(28)29)20(25)23-19(21(26)27)13-5-2-1-3-6-13/h4,7-13,19H,1-3,5-6H2,(H,23,25)(H,26,27)/t19-/m0/s1. The first-order valence-electron chi connectivity index (χ1n) is 9.45. The molecule has 152 valence electrons. The molecule has 1 aliphatic rings. The van der Waals surface area contributed by atoms with Crippen molar-refractivity contribution < 1.29 is 24.0 Å². The normalized spacial score (nSPS) is 15.5. The molecule has 0 aliphatic heterocycles. The molecule has 1 saturated carbocycles. The maximum Gasteiger partial charge on any atom is 0.326 e. The number of carboxylic acids is 1. The summed E-state index contributed by atoms with van der Waals surface area (Å²) in [6, 6.07) is 8.44. The molecule has 0 unspecified atom stereocenters. The maximum atomic E-state index is 13.5. The molecular formula is C21H21FN2O5. The van der Waals surface area contributed by atoms with Crippen molar-refractivity contribution in [2.45, 2.75) is 38.1 Å². The van der Waals surface area contributed by atoms with Crippen LogP contribution in [0.3, 0.4) is 0 Å². The van der Waals surface area contributed by atoms with Gasteiger partial charge in [0, 0.05) is 6.07 Å². The maximum absolute atomic E-state index is 13.5. The predicted octanol–water partition coefficient (Wildman–Crippen LogP) is 4.16. The van der Waals surface area contributed by atoms with Gasteiger partial charge in [-0.1, -0.05) is 37.5 Å². The number of nitrogens with one attached hydrogen (secondary N) is 1. The molecule has 3 rings (SSSR count). The Kier molecular flexibility index (Phi) is 6.21. The van der Waals surface area contributed by atoms with Crippen molar-refractivity contribution in [3.63, 3.8) is 0 Å². The fourth-order valence-electron chi connectivity index (χ4n) is 3.79. The third-order valence-electron chi connectivity index (χ3n) is 5.27. The fraction of sp³-hybridized carbons (Fsp3) is 0.333. The molecule has 2 N–H and O–H groups in total. The molecule has 1 fully saturated rings. The van der Waals surface area contributed by atoms with E-state index in [9.17, 15) is 29.2 Å². The van der Waals surface area contributed by atoms with Crippen LogP contribution in [-0.4, -0.2) is 27.9 Å². The molecule has 2 aromatic rings. The molecule has 0 saturated heterocycles. The Morgan fingerprint density at radius 1 is 1.10 bits per heavy atom. The minimum absolute atomic E-state index is 0.198. The molecule has 0 bridgehead atoms. The van der Waals surface area contributed by atoms with Gasteiger partial charge in [0.05, 0.1) is 4.92 Å². The summed E-state index contributed by atoms with van der Waals surface area (Å²) in [6.45, 7) is 0. The summed E-state index contributed by atoms with van der Waals surface area (Å²) in [6.07, 6.45) is 4.21. The van der Waals surface area contributed by atoms with Crippen LogP contribution in [0.25, 0.3) is 11.1 Å². The minimum Gasteiger partial charge on any atom is -0.480 e. The van der Waals surface area contributed by atoms with Crippen LogP contribution in [-0.2, 0) is 4.79 Å². The number of hydrogen-bond donors (Lipinski definition) is 2. The van der Waals surface area contributed by atoms with Gasteiger partial charge in [-0.25, -0.2) is 9.18 Å². The number of nitrogens with zero attached hydrogens (tertiary/aromatic N) is 1. The van der Waals surface area contributed by atoms with Gasteiger partial charge < -0.3 is 10.4 Å². The summed E-state index contributed by atoms with van der Waals surface area (Å²) in [5, 5.41) is 23.5.